The van der Waals surface area contributed by atoms with Crippen molar-refractivity contribution >= 4 is 12.2 Å². The maximum Gasteiger partial charge on any atom is 0.410 e. The fraction of sp³-hybridized carbons (Fsp3) is 0.600. The lowest BCUT2D eigenvalue weighted by molar-refractivity contribution is -0.102. The third-order valence-electron chi connectivity index (χ3n) is 4.96. The van der Waals surface area contributed by atoms with Gasteiger partial charge in [-0.25, -0.2) is 9.59 Å². The summed E-state index contributed by atoms with van der Waals surface area (Å²) in [5.41, 5.74) is -1.00. The molecule has 1 aromatic rings. The van der Waals surface area contributed by atoms with Crippen LogP contribution >= 0.6 is 0 Å². The molecule has 4 rings (SSSR count). The number of hydrogen-bond acceptors (Lipinski definition) is 4. The van der Waals surface area contributed by atoms with Gasteiger partial charge in [-0.3, -0.25) is 4.39 Å². The number of fused-ring (bicyclic) bond motifs is 2. The maximum absolute atomic E-state index is 13.6. The Kier molecular flexibility index (Phi) is 5.06. The molecule has 7 heteroatoms. The summed E-state index contributed by atoms with van der Waals surface area (Å²) in [6, 6.07) is 9.37. The summed E-state index contributed by atoms with van der Waals surface area (Å²) >= 11 is 0. The zero-order valence-electron chi connectivity index (χ0n) is 16.1. The first-order chi connectivity index (χ1) is 12.6. The second-order valence-electron chi connectivity index (χ2n) is 8.79. The van der Waals surface area contributed by atoms with Crippen LogP contribution in [0.25, 0.3) is 0 Å². The molecule has 1 N–H and O–H groups in total. The number of ether oxygens (including phenoxy) is 2. The number of alkyl carbamates (subject to hydrolysis) is 1. The molecule has 0 aromatic heterocycles. The van der Waals surface area contributed by atoms with Gasteiger partial charge >= 0.3 is 12.2 Å². The van der Waals surface area contributed by atoms with E-state index in [0.29, 0.717) is 25.9 Å². The van der Waals surface area contributed by atoms with E-state index in [2.05, 4.69) is 5.32 Å². The third kappa shape index (κ3) is 4.51. The smallest absolute Gasteiger partial charge is 0.410 e. The minimum atomic E-state index is -0.654. The van der Waals surface area contributed by atoms with Gasteiger partial charge in [0.05, 0.1) is 12.2 Å². The molecule has 1 aromatic carbocycles. The van der Waals surface area contributed by atoms with E-state index in [-0.39, 0.29) is 6.61 Å². The number of rotatable bonds is 4. The van der Waals surface area contributed by atoms with Gasteiger partial charge in [0.1, 0.15) is 12.2 Å². The standard InChI is InChI=1S/C20H27FN2O4/c1-18(2,3)27-16(24)22-20-10-19(11-20,12-21)13-23(14-20)17(25)26-9-15-7-5-4-6-8-15/h4-8H,9-14H2,1-3H3,(H,22,24). The van der Waals surface area contributed by atoms with E-state index < -0.39 is 35.4 Å². The van der Waals surface area contributed by atoms with Crippen molar-refractivity contribution in [1.29, 1.82) is 0 Å². The van der Waals surface area contributed by atoms with Crippen molar-refractivity contribution in [2.24, 2.45) is 5.41 Å². The summed E-state index contributed by atoms with van der Waals surface area (Å²) in [4.78, 5) is 26.2. The monoisotopic (exact) mass is 378 g/mol. The van der Waals surface area contributed by atoms with Gasteiger partial charge in [-0.2, -0.15) is 0 Å². The zero-order chi connectivity index (χ0) is 19.7. The summed E-state index contributed by atoms with van der Waals surface area (Å²) in [6.45, 7) is 5.57. The van der Waals surface area contributed by atoms with Crippen LogP contribution in [0.2, 0.25) is 0 Å². The lowest BCUT2D eigenvalue weighted by atomic mass is 9.54. The Balaban J connectivity index is 1.62. The molecule has 3 fully saturated rings. The average Bonchev–Trinajstić information content (AvgIpc) is 2.57. The van der Waals surface area contributed by atoms with Gasteiger partial charge < -0.3 is 19.7 Å². The molecule has 2 aliphatic heterocycles. The van der Waals surface area contributed by atoms with Gasteiger partial charge in [0.2, 0.25) is 0 Å². The van der Waals surface area contributed by atoms with Crippen molar-refractivity contribution in [1.82, 2.24) is 10.2 Å². The first kappa shape index (κ1) is 19.5. The molecule has 0 spiro atoms. The number of piperidine rings is 2. The third-order valence-corrected chi connectivity index (χ3v) is 4.96. The Bertz CT molecular complexity index is 696. The zero-order valence-corrected chi connectivity index (χ0v) is 16.1. The van der Waals surface area contributed by atoms with Crippen LogP contribution in [-0.4, -0.2) is 48.0 Å². The minimum absolute atomic E-state index is 0.158. The Morgan fingerprint density at radius 2 is 1.85 bits per heavy atom. The number of nitrogens with one attached hydrogen (secondary N) is 1. The van der Waals surface area contributed by atoms with Crippen LogP contribution in [0.15, 0.2) is 30.3 Å². The second kappa shape index (κ2) is 7.02. The van der Waals surface area contributed by atoms with Crippen LogP contribution in [0.5, 0.6) is 0 Å². The first-order valence-electron chi connectivity index (χ1n) is 9.17. The molecule has 148 valence electrons. The summed E-state index contributed by atoms with van der Waals surface area (Å²) < 4.78 is 24.3. The van der Waals surface area contributed by atoms with Crippen molar-refractivity contribution in [2.75, 3.05) is 19.8 Å². The fourth-order valence-corrected chi connectivity index (χ4v) is 4.16. The molecule has 1 saturated carbocycles. The lowest BCUT2D eigenvalue weighted by Crippen LogP contribution is -2.75. The van der Waals surface area contributed by atoms with Crippen molar-refractivity contribution in [3.63, 3.8) is 0 Å². The molecule has 2 heterocycles. The van der Waals surface area contributed by atoms with E-state index in [1.165, 1.54) is 4.90 Å². The summed E-state index contributed by atoms with van der Waals surface area (Å²) in [6.07, 6.45) is -0.0444. The highest BCUT2D eigenvalue weighted by atomic mass is 19.1. The molecule has 3 aliphatic rings. The average molecular weight is 378 g/mol. The number of benzene rings is 1. The van der Waals surface area contributed by atoms with E-state index in [1.807, 2.05) is 30.3 Å². The lowest BCUT2D eigenvalue weighted by Gasteiger charge is -2.62. The number of carbonyl (C=O) groups is 2. The molecular formula is C20H27FN2O4. The number of alkyl halides is 1. The fourth-order valence-electron chi connectivity index (χ4n) is 4.16. The Morgan fingerprint density at radius 3 is 2.44 bits per heavy atom. The second-order valence-corrected chi connectivity index (χ2v) is 8.79. The molecule has 2 saturated heterocycles. The SMILES string of the molecule is CC(C)(C)OC(=O)NC12CN(C(=O)OCc3ccccc3)CC(CF)(C1)C2. The number of hydrogen-bond donors (Lipinski definition) is 1. The molecule has 0 radical (unpaired) electrons. The molecule has 0 unspecified atom stereocenters. The number of amides is 2. The van der Waals surface area contributed by atoms with Crippen molar-refractivity contribution in [3.05, 3.63) is 35.9 Å². The quantitative estimate of drug-likeness (QED) is 0.868. The van der Waals surface area contributed by atoms with Gasteiger partial charge in [0.15, 0.2) is 0 Å². The number of halogens is 1. The topological polar surface area (TPSA) is 67.9 Å². The van der Waals surface area contributed by atoms with Crippen LogP contribution in [-0.2, 0) is 16.1 Å². The van der Waals surface area contributed by atoms with E-state index in [0.717, 1.165) is 5.56 Å². The van der Waals surface area contributed by atoms with Gasteiger partial charge in [-0.1, -0.05) is 30.3 Å². The van der Waals surface area contributed by atoms with Crippen LogP contribution in [0.3, 0.4) is 0 Å². The predicted molar refractivity (Wildman–Crippen MR) is 97.9 cm³/mol. The first-order valence-corrected chi connectivity index (χ1v) is 9.17. The normalized spacial score (nSPS) is 26.7. The van der Waals surface area contributed by atoms with Crippen molar-refractivity contribution < 1.29 is 23.5 Å². The summed E-state index contributed by atoms with van der Waals surface area (Å²) in [5, 5.41) is 2.86. The molecular weight excluding hydrogens is 351 g/mol. The largest absolute Gasteiger partial charge is 0.445 e. The highest BCUT2D eigenvalue weighted by Gasteiger charge is 2.61. The predicted octanol–water partition coefficient (Wildman–Crippen LogP) is 3.65. The molecule has 0 atom stereocenters. The van der Waals surface area contributed by atoms with Gasteiger partial charge in [0.25, 0.3) is 0 Å². The molecule has 1 aliphatic carbocycles. The highest BCUT2D eigenvalue weighted by molar-refractivity contribution is 5.71. The highest BCUT2D eigenvalue weighted by Crippen LogP contribution is 2.53. The van der Waals surface area contributed by atoms with Crippen LogP contribution in [0, 0.1) is 5.41 Å². The van der Waals surface area contributed by atoms with Crippen molar-refractivity contribution in [3.8, 4) is 0 Å². The van der Waals surface area contributed by atoms with Gasteiger partial charge in [0, 0.05) is 18.5 Å². The van der Waals surface area contributed by atoms with Gasteiger partial charge in [-0.05, 0) is 39.2 Å². The van der Waals surface area contributed by atoms with Crippen LogP contribution in [0.4, 0.5) is 14.0 Å². The maximum atomic E-state index is 13.6. The van der Waals surface area contributed by atoms with E-state index >= 15 is 0 Å². The summed E-state index contributed by atoms with van der Waals surface area (Å²) in [5.74, 6) is 0. The molecule has 27 heavy (non-hydrogen) atoms. The molecule has 2 amide bonds. The Hall–Kier alpha value is -2.31. The number of carbonyl (C=O) groups excluding carboxylic acids is 2. The number of nitrogens with zero attached hydrogens (tertiary/aromatic N) is 1. The van der Waals surface area contributed by atoms with E-state index in [4.69, 9.17) is 9.47 Å². The minimum Gasteiger partial charge on any atom is -0.445 e. The van der Waals surface area contributed by atoms with Gasteiger partial charge in [-0.15, -0.1) is 0 Å². The summed E-state index contributed by atoms with van der Waals surface area (Å²) in [7, 11) is 0. The van der Waals surface area contributed by atoms with Crippen LogP contribution < -0.4 is 5.32 Å². The Labute approximate surface area is 159 Å². The molecule has 2 bridgehead atoms. The van der Waals surface area contributed by atoms with Crippen molar-refractivity contribution in [2.45, 2.75) is 51.4 Å². The molecule has 6 nitrogen and oxygen atoms in total. The van der Waals surface area contributed by atoms with E-state index in [9.17, 15) is 14.0 Å². The van der Waals surface area contributed by atoms with E-state index in [1.54, 1.807) is 20.8 Å². The van der Waals surface area contributed by atoms with Crippen LogP contribution in [0.1, 0.15) is 39.2 Å². The Morgan fingerprint density at radius 1 is 1.19 bits per heavy atom.